The van der Waals surface area contributed by atoms with Gasteiger partial charge in [0.25, 0.3) is 0 Å². The number of ether oxygens (including phenoxy) is 1. The highest BCUT2D eigenvalue weighted by Gasteiger charge is 2.29. The maximum Gasteiger partial charge on any atom is 0.226 e. The van der Waals surface area contributed by atoms with Gasteiger partial charge in [-0.25, -0.2) is 0 Å². The molecule has 130 valence electrons. The zero-order valence-corrected chi connectivity index (χ0v) is 14.3. The molecule has 4 rings (SSSR count). The number of fused-ring (bicyclic) bond motifs is 1. The van der Waals surface area contributed by atoms with E-state index < -0.39 is 0 Å². The fraction of sp³-hybridized carbons (Fsp3) is 0.400. The van der Waals surface area contributed by atoms with E-state index in [1.54, 1.807) is 6.20 Å². The summed E-state index contributed by atoms with van der Waals surface area (Å²) in [6.07, 6.45) is 5.24. The van der Waals surface area contributed by atoms with E-state index in [-0.39, 0.29) is 11.8 Å². The molecule has 25 heavy (non-hydrogen) atoms. The number of amides is 1. The number of hydrogen-bond acceptors (Lipinski definition) is 4. The van der Waals surface area contributed by atoms with Crippen molar-refractivity contribution in [2.45, 2.75) is 12.8 Å². The summed E-state index contributed by atoms with van der Waals surface area (Å²) in [7, 11) is 0. The Morgan fingerprint density at radius 2 is 1.92 bits per heavy atom. The summed E-state index contributed by atoms with van der Waals surface area (Å²) in [5.74, 6) is 1.22. The quantitative estimate of drug-likeness (QED) is 0.844. The molecule has 0 N–H and O–H groups in total. The van der Waals surface area contributed by atoms with E-state index in [4.69, 9.17) is 4.74 Å². The normalized spacial score (nSPS) is 20.4. The molecule has 0 bridgehead atoms. The topological polar surface area (TPSA) is 45.7 Å². The minimum atomic E-state index is 0.0218. The van der Waals surface area contributed by atoms with Crippen LogP contribution in [0.2, 0.25) is 0 Å². The van der Waals surface area contributed by atoms with Crippen LogP contribution < -0.4 is 9.64 Å². The second kappa shape index (κ2) is 7.13. The van der Waals surface area contributed by atoms with Gasteiger partial charge in [0.1, 0.15) is 5.75 Å². The average Bonchev–Trinajstić information content (AvgIpc) is 2.91. The third-order valence-corrected chi connectivity index (χ3v) is 5.11. The van der Waals surface area contributed by atoms with Crippen molar-refractivity contribution in [2.24, 2.45) is 5.92 Å². The summed E-state index contributed by atoms with van der Waals surface area (Å²) < 4.78 is 5.81. The first-order chi connectivity index (χ1) is 12.3. The molecule has 0 aliphatic carbocycles. The van der Waals surface area contributed by atoms with Gasteiger partial charge in [0, 0.05) is 38.3 Å². The molecule has 0 saturated carbocycles. The van der Waals surface area contributed by atoms with E-state index in [0.717, 1.165) is 56.0 Å². The average molecular weight is 337 g/mol. The molecule has 5 heteroatoms. The maximum atomic E-state index is 13.0. The van der Waals surface area contributed by atoms with Crippen molar-refractivity contribution in [2.75, 3.05) is 37.7 Å². The number of hydrogen-bond donors (Lipinski definition) is 0. The third kappa shape index (κ3) is 3.45. The molecule has 1 aromatic heterocycles. The molecule has 0 radical (unpaired) electrons. The van der Waals surface area contributed by atoms with E-state index in [1.807, 2.05) is 35.4 Å². The first-order valence-electron chi connectivity index (χ1n) is 8.96. The van der Waals surface area contributed by atoms with Crippen LogP contribution in [-0.2, 0) is 11.2 Å². The third-order valence-electron chi connectivity index (χ3n) is 5.11. The second-order valence-electron chi connectivity index (χ2n) is 6.67. The van der Waals surface area contributed by atoms with Gasteiger partial charge in [0.2, 0.25) is 5.91 Å². The number of benzene rings is 1. The molecule has 3 heterocycles. The number of piperazine rings is 1. The molecule has 0 spiro atoms. The minimum Gasteiger partial charge on any atom is -0.493 e. The van der Waals surface area contributed by atoms with Gasteiger partial charge in [-0.05, 0) is 36.6 Å². The van der Waals surface area contributed by atoms with Crippen LogP contribution in [0.3, 0.4) is 0 Å². The van der Waals surface area contributed by atoms with Gasteiger partial charge in [-0.1, -0.05) is 18.2 Å². The Hall–Kier alpha value is -2.56. The molecular weight excluding hydrogens is 314 g/mol. The summed E-state index contributed by atoms with van der Waals surface area (Å²) >= 11 is 0. The standard InChI is InChI=1S/C20H23N3O2/c24-20(17-7-13-25-19-6-2-1-4-16(19)14-17)23-11-9-22(10-12-23)18-5-3-8-21-15-18/h1-6,8,15,17H,7,9-14H2. The predicted molar refractivity (Wildman–Crippen MR) is 96.8 cm³/mol. The highest BCUT2D eigenvalue weighted by Crippen LogP contribution is 2.28. The van der Waals surface area contributed by atoms with Crippen molar-refractivity contribution in [3.8, 4) is 5.75 Å². The van der Waals surface area contributed by atoms with Crippen LogP contribution in [-0.4, -0.2) is 48.6 Å². The smallest absolute Gasteiger partial charge is 0.226 e. The Morgan fingerprint density at radius 3 is 2.72 bits per heavy atom. The fourth-order valence-corrected chi connectivity index (χ4v) is 3.69. The van der Waals surface area contributed by atoms with Crippen LogP contribution in [0.15, 0.2) is 48.8 Å². The number of carbonyl (C=O) groups excluding carboxylic acids is 1. The van der Waals surface area contributed by atoms with Gasteiger partial charge in [-0.2, -0.15) is 0 Å². The van der Waals surface area contributed by atoms with E-state index in [9.17, 15) is 4.79 Å². The lowest BCUT2D eigenvalue weighted by atomic mass is 9.95. The highest BCUT2D eigenvalue weighted by atomic mass is 16.5. The van der Waals surface area contributed by atoms with Crippen molar-refractivity contribution in [3.05, 3.63) is 54.4 Å². The van der Waals surface area contributed by atoms with Gasteiger partial charge in [-0.15, -0.1) is 0 Å². The Kier molecular flexibility index (Phi) is 4.55. The summed E-state index contributed by atoms with van der Waals surface area (Å²) in [5, 5.41) is 0. The Balaban J connectivity index is 1.39. The lowest BCUT2D eigenvalue weighted by Gasteiger charge is -2.37. The molecule has 1 aromatic carbocycles. The van der Waals surface area contributed by atoms with E-state index in [2.05, 4.69) is 22.0 Å². The molecule has 1 amide bonds. The maximum absolute atomic E-state index is 13.0. The second-order valence-corrected chi connectivity index (χ2v) is 6.67. The van der Waals surface area contributed by atoms with Crippen LogP contribution in [0.25, 0.3) is 0 Å². The SMILES string of the molecule is O=C(C1CCOc2ccccc2C1)N1CCN(c2cccnc2)CC1. The first kappa shape index (κ1) is 15.9. The zero-order valence-electron chi connectivity index (χ0n) is 14.3. The van der Waals surface area contributed by atoms with E-state index in [0.29, 0.717) is 6.61 Å². The number of nitrogens with zero attached hydrogens (tertiary/aromatic N) is 3. The van der Waals surface area contributed by atoms with Crippen molar-refractivity contribution in [1.82, 2.24) is 9.88 Å². The molecule has 2 aromatic rings. The molecular formula is C20H23N3O2. The number of rotatable bonds is 2. The number of carbonyl (C=O) groups is 1. The van der Waals surface area contributed by atoms with Gasteiger partial charge < -0.3 is 14.5 Å². The van der Waals surface area contributed by atoms with Crippen LogP contribution in [0.4, 0.5) is 5.69 Å². The van der Waals surface area contributed by atoms with Crippen LogP contribution in [0.1, 0.15) is 12.0 Å². The van der Waals surface area contributed by atoms with Crippen LogP contribution in [0.5, 0.6) is 5.75 Å². The fourth-order valence-electron chi connectivity index (χ4n) is 3.69. The zero-order chi connectivity index (χ0) is 17.1. The minimum absolute atomic E-state index is 0.0218. The van der Waals surface area contributed by atoms with Crippen molar-refractivity contribution in [3.63, 3.8) is 0 Å². The molecule has 1 atom stereocenters. The largest absolute Gasteiger partial charge is 0.493 e. The van der Waals surface area contributed by atoms with Gasteiger partial charge in [-0.3, -0.25) is 9.78 Å². The lowest BCUT2D eigenvalue weighted by molar-refractivity contribution is -0.136. The highest BCUT2D eigenvalue weighted by molar-refractivity contribution is 5.79. The molecule has 5 nitrogen and oxygen atoms in total. The van der Waals surface area contributed by atoms with Crippen molar-refractivity contribution < 1.29 is 9.53 Å². The number of pyridine rings is 1. The molecule has 2 aliphatic rings. The van der Waals surface area contributed by atoms with Crippen molar-refractivity contribution >= 4 is 11.6 Å². The molecule has 1 unspecified atom stereocenters. The van der Waals surface area contributed by atoms with Gasteiger partial charge in [0.05, 0.1) is 18.5 Å². The first-order valence-corrected chi connectivity index (χ1v) is 8.96. The number of para-hydroxylation sites is 1. The van der Waals surface area contributed by atoms with Crippen LogP contribution >= 0.6 is 0 Å². The summed E-state index contributed by atoms with van der Waals surface area (Å²) in [4.78, 5) is 21.5. The van der Waals surface area contributed by atoms with Gasteiger partial charge >= 0.3 is 0 Å². The van der Waals surface area contributed by atoms with E-state index in [1.165, 1.54) is 0 Å². The summed E-state index contributed by atoms with van der Waals surface area (Å²) in [5.41, 5.74) is 2.28. The van der Waals surface area contributed by atoms with Gasteiger partial charge in [0.15, 0.2) is 0 Å². The Labute approximate surface area is 148 Å². The molecule has 1 fully saturated rings. The molecule has 2 aliphatic heterocycles. The van der Waals surface area contributed by atoms with Crippen LogP contribution in [0, 0.1) is 5.92 Å². The predicted octanol–water partition coefficient (Wildman–Crippen LogP) is 2.37. The Bertz CT molecular complexity index is 727. The Morgan fingerprint density at radius 1 is 1.08 bits per heavy atom. The molecule has 1 saturated heterocycles. The summed E-state index contributed by atoms with van der Waals surface area (Å²) in [6, 6.07) is 12.1. The van der Waals surface area contributed by atoms with E-state index >= 15 is 0 Å². The monoisotopic (exact) mass is 337 g/mol. The number of aromatic nitrogens is 1. The lowest BCUT2D eigenvalue weighted by Crippen LogP contribution is -2.50. The van der Waals surface area contributed by atoms with Crippen molar-refractivity contribution in [1.29, 1.82) is 0 Å². The number of anilines is 1. The summed E-state index contributed by atoms with van der Waals surface area (Å²) in [6.45, 7) is 3.87.